The monoisotopic (exact) mass is 383 g/mol. The van der Waals surface area contributed by atoms with Crippen LogP contribution in [0.3, 0.4) is 0 Å². The van der Waals surface area contributed by atoms with Gasteiger partial charge in [-0.25, -0.2) is 5.43 Å². The van der Waals surface area contributed by atoms with Crippen molar-refractivity contribution in [1.82, 2.24) is 10.7 Å². The Morgan fingerprint density at radius 2 is 1.79 bits per heavy atom. The number of benzene rings is 2. The number of amides is 2. The van der Waals surface area contributed by atoms with Crippen LogP contribution in [0.5, 0.6) is 11.5 Å². The Hall–Kier alpha value is -3.35. The molecule has 0 spiro atoms. The van der Waals surface area contributed by atoms with E-state index in [4.69, 9.17) is 9.47 Å². The van der Waals surface area contributed by atoms with E-state index in [2.05, 4.69) is 15.8 Å². The van der Waals surface area contributed by atoms with Gasteiger partial charge in [0.25, 0.3) is 5.91 Å². The van der Waals surface area contributed by atoms with Crippen LogP contribution in [0.1, 0.15) is 24.5 Å². The number of hydrogen-bond acceptors (Lipinski definition) is 5. The SMILES string of the molecule is COc1ccc(CNC(=O)CC(C)=NNC(=O)COc2cccc(C)c2)cc1. The normalized spacial score (nSPS) is 10.9. The first-order valence-corrected chi connectivity index (χ1v) is 8.87. The maximum absolute atomic E-state index is 12.0. The zero-order chi connectivity index (χ0) is 20.4. The molecule has 0 fully saturated rings. The molecule has 0 saturated carbocycles. The van der Waals surface area contributed by atoms with E-state index in [1.54, 1.807) is 20.1 Å². The molecule has 2 aromatic rings. The van der Waals surface area contributed by atoms with Crippen molar-refractivity contribution < 1.29 is 19.1 Å². The third-order valence-corrected chi connectivity index (χ3v) is 3.80. The summed E-state index contributed by atoms with van der Waals surface area (Å²) < 4.78 is 10.5. The van der Waals surface area contributed by atoms with E-state index in [1.165, 1.54) is 0 Å². The van der Waals surface area contributed by atoms with Crippen molar-refractivity contribution in [2.75, 3.05) is 13.7 Å². The number of hydrogen-bond donors (Lipinski definition) is 2. The van der Waals surface area contributed by atoms with Crippen molar-refractivity contribution in [2.24, 2.45) is 5.10 Å². The van der Waals surface area contributed by atoms with E-state index in [-0.39, 0.29) is 24.8 Å². The summed E-state index contributed by atoms with van der Waals surface area (Å²) >= 11 is 0. The van der Waals surface area contributed by atoms with Gasteiger partial charge in [0.2, 0.25) is 5.91 Å². The Morgan fingerprint density at radius 3 is 2.46 bits per heavy atom. The molecule has 7 nitrogen and oxygen atoms in total. The quantitative estimate of drug-likeness (QED) is 0.515. The topological polar surface area (TPSA) is 89.0 Å². The molecule has 148 valence electrons. The Balaban J connectivity index is 1.70. The second-order valence-electron chi connectivity index (χ2n) is 6.29. The Labute approximate surface area is 164 Å². The smallest absolute Gasteiger partial charge is 0.277 e. The predicted molar refractivity (Wildman–Crippen MR) is 107 cm³/mol. The number of nitrogens with zero attached hydrogens (tertiary/aromatic N) is 1. The second-order valence-corrected chi connectivity index (χ2v) is 6.29. The van der Waals surface area contributed by atoms with Gasteiger partial charge in [-0.05, 0) is 49.2 Å². The molecule has 0 aromatic heterocycles. The summed E-state index contributed by atoms with van der Waals surface area (Å²) in [6.45, 7) is 3.88. The van der Waals surface area contributed by atoms with Gasteiger partial charge in [0, 0.05) is 12.3 Å². The summed E-state index contributed by atoms with van der Waals surface area (Å²) in [5, 5.41) is 6.74. The number of aryl methyl sites for hydroxylation is 1. The molecule has 0 unspecified atom stereocenters. The van der Waals surface area contributed by atoms with Crippen LogP contribution in [-0.2, 0) is 16.1 Å². The zero-order valence-electron chi connectivity index (χ0n) is 16.3. The van der Waals surface area contributed by atoms with Crippen molar-refractivity contribution in [1.29, 1.82) is 0 Å². The largest absolute Gasteiger partial charge is 0.497 e. The molecule has 2 amide bonds. The number of nitrogens with one attached hydrogen (secondary N) is 2. The highest BCUT2D eigenvalue weighted by Crippen LogP contribution is 2.12. The number of hydrazone groups is 1. The molecule has 2 aromatic carbocycles. The minimum absolute atomic E-state index is 0.0924. The van der Waals surface area contributed by atoms with E-state index in [0.29, 0.717) is 18.0 Å². The van der Waals surface area contributed by atoms with Gasteiger partial charge in [-0.15, -0.1) is 0 Å². The van der Waals surface area contributed by atoms with Crippen molar-refractivity contribution in [2.45, 2.75) is 26.8 Å². The fraction of sp³-hybridized carbons (Fsp3) is 0.286. The lowest BCUT2D eigenvalue weighted by atomic mass is 10.2. The second kappa shape index (κ2) is 10.7. The van der Waals surface area contributed by atoms with Crippen molar-refractivity contribution in [3.05, 3.63) is 59.7 Å². The van der Waals surface area contributed by atoms with Crippen LogP contribution in [0.25, 0.3) is 0 Å². The summed E-state index contributed by atoms with van der Waals surface area (Å²) in [5.74, 6) is 0.816. The Morgan fingerprint density at radius 1 is 1.04 bits per heavy atom. The Kier molecular flexibility index (Phi) is 8.02. The lowest BCUT2D eigenvalue weighted by Crippen LogP contribution is -2.28. The van der Waals surface area contributed by atoms with E-state index in [0.717, 1.165) is 16.9 Å². The number of ether oxygens (including phenoxy) is 2. The first-order chi connectivity index (χ1) is 13.5. The van der Waals surface area contributed by atoms with Crippen LogP contribution >= 0.6 is 0 Å². The number of methoxy groups -OCH3 is 1. The molecule has 0 heterocycles. The maximum Gasteiger partial charge on any atom is 0.277 e. The number of carbonyl (C=O) groups excluding carboxylic acids is 2. The minimum Gasteiger partial charge on any atom is -0.497 e. The molecule has 0 radical (unpaired) electrons. The van der Waals surface area contributed by atoms with Gasteiger partial charge in [0.05, 0.1) is 13.5 Å². The predicted octanol–water partition coefficient (Wildman–Crippen LogP) is 2.58. The molecule has 2 N–H and O–H groups in total. The van der Waals surface area contributed by atoms with Gasteiger partial charge < -0.3 is 14.8 Å². The third kappa shape index (κ3) is 7.49. The van der Waals surface area contributed by atoms with Crippen molar-refractivity contribution in [3.8, 4) is 11.5 Å². The molecule has 28 heavy (non-hydrogen) atoms. The highest BCUT2D eigenvalue weighted by molar-refractivity contribution is 6.00. The summed E-state index contributed by atoms with van der Waals surface area (Å²) in [6, 6.07) is 14.9. The van der Waals surface area contributed by atoms with Crippen molar-refractivity contribution in [3.63, 3.8) is 0 Å². The van der Waals surface area contributed by atoms with Crippen LogP contribution in [0.15, 0.2) is 53.6 Å². The van der Waals surface area contributed by atoms with Gasteiger partial charge in [-0.2, -0.15) is 5.10 Å². The summed E-state index contributed by atoms with van der Waals surface area (Å²) in [7, 11) is 1.60. The molecule has 0 aliphatic carbocycles. The molecule has 0 atom stereocenters. The fourth-order valence-electron chi connectivity index (χ4n) is 2.32. The average Bonchev–Trinajstić information content (AvgIpc) is 2.69. The van der Waals surface area contributed by atoms with E-state index < -0.39 is 0 Å². The molecule has 0 saturated heterocycles. The standard InChI is InChI=1S/C21H25N3O4/c1-15-5-4-6-19(11-15)28-14-21(26)24-23-16(2)12-20(25)22-13-17-7-9-18(27-3)10-8-17/h4-11H,12-14H2,1-3H3,(H,22,25)(H,24,26). The lowest BCUT2D eigenvalue weighted by Gasteiger charge is -2.07. The molecule has 7 heteroatoms. The molecule has 0 bridgehead atoms. The summed E-state index contributed by atoms with van der Waals surface area (Å²) in [5.41, 5.74) is 4.90. The van der Waals surface area contributed by atoms with Gasteiger partial charge in [0.1, 0.15) is 11.5 Å². The summed E-state index contributed by atoms with van der Waals surface area (Å²) in [6.07, 6.45) is 0.0924. The average molecular weight is 383 g/mol. The first kappa shape index (κ1) is 21.0. The molecular formula is C21H25N3O4. The van der Waals surface area contributed by atoms with Gasteiger partial charge in [0.15, 0.2) is 6.61 Å². The summed E-state index contributed by atoms with van der Waals surface area (Å²) in [4.78, 5) is 23.8. The van der Waals surface area contributed by atoms with Crippen LogP contribution in [0.4, 0.5) is 0 Å². The highest BCUT2D eigenvalue weighted by Gasteiger charge is 2.06. The minimum atomic E-state index is -0.389. The zero-order valence-corrected chi connectivity index (χ0v) is 16.3. The highest BCUT2D eigenvalue weighted by atomic mass is 16.5. The van der Waals surface area contributed by atoms with Crippen LogP contribution in [0, 0.1) is 6.92 Å². The van der Waals surface area contributed by atoms with Crippen LogP contribution < -0.4 is 20.2 Å². The maximum atomic E-state index is 12.0. The number of rotatable bonds is 9. The lowest BCUT2D eigenvalue weighted by molar-refractivity contribution is -0.123. The van der Waals surface area contributed by atoms with E-state index in [1.807, 2.05) is 49.4 Å². The molecule has 0 aliphatic rings. The fourth-order valence-corrected chi connectivity index (χ4v) is 2.32. The number of carbonyl (C=O) groups is 2. The van der Waals surface area contributed by atoms with Gasteiger partial charge in [-0.3, -0.25) is 9.59 Å². The molecule has 0 aliphatic heterocycles. The van der Waals surface area contributed by atoms with Gasteiger partial charge >= 0.3 is 0 Å². The van der Waals surface area contributed by atoms with Crippen LogP contribution in [-0.4, -0.2) is 31.2 Å². The first-order valence-electron chi connectivity index (χ1n) is 8.87. The van der Waals surface area contributed by atoms with E-state index in [9.17, 15) is 9.59 Å². The Bertz CT molecular complexity index is 832. The van der Waals surface area contributed by atoms with Crippen molar-refractivity contribution >= 4 is 17.5 Å². The van der Waals surface area contributed by atoms with Gasteiger partial charge in [-0.1, -0.05) is 24.3 Å². The molecule has 2 rings (SSSR count). The molecular weight excluding hydrogens is 358 g/mol. The van der Waals surface area contributed by atoms with Crippen LogP contribution in [0.2, 0.25) is 0 Å². The third-order valence-electron chi connectivity index (χ3n) is 3.80. The van der Waals surface area contributed by atoms with E-state index >= 15 is 0 Å².